The van der Waals surface area contributed by atoms with E-state index >= 15 is 0 Å². The molecule has 1 aliphatic rings. The van der Waals surface area contributed by atoms with Gasteiger partial charge in [0, 0.05) is 24.0 Å². The standard InChI is InChI=1S/C15H17FN4/c16-12-8-11(9-17-10-12)14-6-7-18-15(20-14)19-13-4-2-1-3-5-13/h6-10,13H,1-5H2,(H,18,19,20). The molecule has 0 unspecified atom stereocenters. The van der Waals surface area contributed by atoms with Crippen LogP contribution in [0.5, 0.6) is 0 Å². The molecule has 0 spiro atoms. The molecular formula is C15H17FN4. The average Bonchev–Trinajstić information content (AvgIpc) is 2.49. The molecule has 2 aromatic rings. The fraction of sp³-hybridized carbons (Fsp3) is 0.400. The van der Waals surface area contributed by atoms with Gasteiger partial charge in [0.25, 0.3) is 0 Å². The van der Waals surface area contributed by atoms with Crippen LogP contribution >= 0.6 is 0 Å². The summed E-state index contributed by atoms with van der Waals surface area (Å²) < 4.78 is 13.2. The molecule has 0 saturated heterocycles. The number of halogens is 1. The van der Waals surface area contributed by atoms with Crippen molar-refractivity contribution in [2.75, 3.05) is 5.32 Å². The summed E-state index contributed by atoms with van der Waals surface area (Å²) in [7, 11) is 0. The van der Waals surface area contributed by atoms with Crippen molar-refractivity contribution >= 4 is 5.95 Å². The van der Waals surface area contributed by atoms with Crippen LogP contribution in [-0.4, -0.2) is 21.0 Å². The number of rotatable bonds is 3. The maximum atomic E-state index is 13.2. The molecule has 1 fully saturated rings. The SMILES string of the molecule is Fc1cncc(-c2ccnc(NC3CCCCC3)n2)c1. The molecule has 1 aliphatic carbocycles. The van der Waals surface area contributed by atoms with Crippen molar-refractivity contribution in [3.05, 3.63) is 36.5 Å². The Bertz CT molecular complexity index is 582. The molecule has 3 rings (SSSR count). The smallest absolute Gasteiger partial charge is 0.223 e. The maximum absolute atomic E-state index is 13.2. The van der Waals surface area contributed by atoms with E-state index in [9.17, 15) is 4.39 Å². The van der Waals surface area contributed by atoms with Gasteiger partial charge in [0.05, 0.1) is 11.9 Å². The number of nitrogens with one attached hydrogen (secondary N) is 1. The lowest BCUT2D eigenvalue weighted by Gasteiger charge is -2.22. The predicted octanol–water partition coefficient (Wildman–Crippen LogP) is 3.42. The quantitative estimate of drug-likeness (QED) is 0.930. The maximum Gasteiger partial charge on any atom is 0.223 e. The Hall–Kier alpha value is -2.04. The highest BCUT2D eigenvalue weighted by atomic mass is 19.1. The Morgan fingerprint density at radius 1 is 1.15 bits per heavy atom. The van der Waals surface area contributed by atoms with Gasteiger partial charge in [-0.15, -0.1) is 0 Å². The van der Waals surface area contributed by atoms with Gasteiger partial charge in [-0.25, -0.2) is 14.4 Å². The summed E-state index contributed by atoms with van der Waals surface area (Å²) in [6.45, 7) is 0. The number of anilines is 1. The second-order valence-electron chi connectivity index (χ2n) is 5.14. The minimum atomic E-state index is -0.358. The van der Waals surface area contributed by atoms with Crippen LogP contribution in [0.1, 0.15) is 32.1 Å². The summed E-state index contributed by atoms with van der Waals surface area (Å²) in [6, 6.07) is 3.65. The van der Waals surface area contributed by atoms with Crippen LogP contribution in [0.15, 0.2) is 30.7 Å². The summed E-state index contributed by atoms with van der Waals surface area (Å²) in [5.41, 5.74) is 1.35. The lowest BCUT2D eigenvalue weighted by Crippen LogP contribution is -2.23. The van der Waals surface area contributed by atoms with Crippen LogP contribution in [0.3, 0.4) is 0 Å². The Labute approximate surface area is 117 Å². The van der Waals surface area contributed by atoms with E-state index < -0.39 is 0 Å². The van der Waals surface area contributed by atoms with Gasteiger partial charge in [-0.1, -0.05) is 19.3 Å². The van der Waals surface area contributed by atoms with E-state index in [1.165, 1.54) is 31.5 Å². The van der Waals surface area contributed by atoms with Gasteiger partial charge in [0.2, 0.25) is 5.95 Å². The van der Waals surface area contributed by atoms with Gasteiger partial charge >= 0.3 is 0 Å². The zero-order valence-electron chi connectivity index (χ0n) is 11.2. The second kappa shape index (κ2) is 5.94. The predicted molar refractivity (Wildman–Crippen MR) is 75.7 cm³/mol. The Morgan fingerprint density at radius 2 is 2.00 bits per heavy atom. The van der Waals surface area contributed by atoms with Gasteiger partial charge in [-0.05, 0) is 25.0 Å². The molecule has 2 aromatic heterocycles. The second-order valence-corrected chi connectivity index (χ2v) is 5.14. The molecule has 4 nitrogen and oxygen atoms in total. The van der Waals surface area contributed by atoms with Gasteiger partial charge in [-0.3, -0.25) is 4.98 Å². The highest BCUT2D eigenvalue weighted by molar-refractivity contribution is 5.58. The Morgan fingerprint density at radius 3 is 2.80 bits per heavy atom. The summed E-state index contributed by atoms with van der Waals surface area (Å²) >= 11 is 0. The third-order valence-corrected chi connectivity index (χ3v) is 3.59. The number of nitrogens with zero attached hydrogens (tertiary/aromatic N) is 3. The molecule has 5 heteroatoms. The summed E-state index contributed by atoms with van der Waals surface area (Å²) in [5, 5.41) is 3.37. The first kappa shape index (κ1) is 13.0. The largest absolute Gasteiger partial charge is 0.351 e. The van der Waals surface area contributed by atoms with Crippen LogP contribution in [0.2, 0.25) is 0 Å². The normalized spacial score (nSPS) is 16.1. The van der Waals surface area contributed by atoms with Gasteiger partial charge < -0.3 is 5.32 Å². The van der Waals surface area contributed by atoms with Crippen LogP contribution in [0, 0.1) is 5.82 Å². The fourth-order valence-corrected chi connectivity index (χ4v) is 2.57. The van der Waals surface area contributed by atoms with E-state index in [1.54, 1.807) is 18.5 Å². The van der Waals surface area contributed by atoms with Crippen molar-refractivity contribution in [2.45, 2.75) is 38.1 Å². The van der Waals surface area contributed by atoms with Gasteiger partial charge in [-0.2, -0.15) is 0 Å². The van der Waals surface area contributed by atoms with Crippen molar-refractivity contribution in [3.63, 3.8) is 0 Å². The van der Waals surface area contributed by atoms with E-state index in [4.69, 9.17) is 0 Å². The monoisotopic (exact) mass is 272 g/mol. The zero-order chi connectivity index (χ0) is 13.8. The summed E-state index contributed by atoms with van der Waals surface area (Å²) in [6.07, 6.45) is 10.6. The molecular weight excluding hydrogens is 255 g/mol. The summed E-state index contributed by atoms with van der Waals surface area (Å²) in [4.78, 5) is 12.5. The first-order chi connectivity index (χ1) is 9.81. The molecule has 0 amide bonds. The topological polar surface area (TPSA) is 50.7 Å². The first-order valence-electron chi connectivity index (χ1n) is 7.02. The highest BCUT2D eigenvalue weighted by Crippen LogP contribution is 2.22. The average molecular weight is 272 g/mol. The molecule has 20 heavy (non-hydrogen) atoms. The van der Waals surface area contributed by atoms with Crippen LogP contribution < -0.4 is 5.32 Å². The third-order valence-electron chi connectivity index (χ3n) is 3.59. The van der Waals surface area contributed by atoms with E-state index in [1.807, 2.05) is 0 Å². The van der Waals surface area contributed by atoms with Crippen molar-refractivity contribution < 1.29 is 4.39 Å². The van der Waals surface area contributed by atoms with Crippen LogP contribution in [0.25, 0.3) is 11.3 Å². The number of aromatic nitrogens is 3. The Kier molecular flexibility index (Phi) is 3.85. The lowest BCUT2D eigenvalue weighted by atomic mass is 9.96. The van der Waals surface area contributed by atoms with E-state index in [-0.39, 0.29) is 5.82 Å². The van der Waals surface area contributed by atoms with Crippen LogP contribution in [0.4, 0.5) is 10.3 Å². The lowest BCUT2D eigenvalue weighted by molar-refractivity contribution is 0.461. The molecule has 0 atom stereocenters. The van der Waals surface area contributed by atoms with Gasteiger partial charge in [0.15, 0.2) is 0 Å². The first-order valence-corrected chi connectivity index (χ1v) is 7.02. The van der Waals surface area contributed by atoms with Crippen molar-refractivity contribution in [3.8, 4) is 11.3 Å². The molecule has 2 heterocycles. The number of hydrogen-bond donors (Lipinski definition) is 1. The van der Waals surface area contributed by atoms with Crippen molar-refractivity contribution in [1.29, 1.82) is 0 Å². The molecule has 0 aliphatic heterocycles. The molecule has 0 aromatic carbocycles. The molecule has 1 saturated carbocycles. The van der Waals surface area contributed by atoms with Crippen molar-refractivity contribution in [1.82, 2.24) is 15.0 Å². The number of hydrogen-bond acceptors (Lipinski definition) is 4. The fourth-order valence-electron chi connectivity index (χ4n) is 2.57. The van der Waals surface area contributed by atoms with E-state index in [0.29, 0.717) is 23.2 Å². The molecule has 1 N–H and O–H groups in total. The van der Waals surface area contributed by atoms with E-state index in [0.717, 1.165) is 12.8 Å². The number of pyridine rings is 1. The highest BCUT2D eigenvalue weighted by Gasteiger charge is 2.14. The van der Waals surface area contributed by atoms with Crippen LogP contribution in [-0.2, 0) is 0 Å². The Balaban J connectivity index is 1.78. The minimum absolute atomic E-state index is 0.358. The molecule has 0 bridgehead atoms. The van der Waals surface area contributed by atoms with E-state index in [2.05, 4.69) is 20.3 Å². The van der Waals surface area contributed by atoms with Crippen molar-refractivity contribution in [2.24, 2.45) is 0 Å². The zero-order valence-corrected chi connectivity index (χ0v) is 11.2. The molecule has 104 valence electrons. The summed E-state index contributed by atoms with van der Waals surface area (Å²) in [5.74, 6) is 0.251. The minimum Gasteiger partial charge on any atom is -0.351 e. The third kappa shape index (κ3) is 3.10. The molecule has 0 radical (unpaired) electrons. The van der Waals surface area contributed by atoms with Gasteiger partial charge in [0.1, 0.15) is 5.82 Å².